The molecular weight excluding hydrogens is 334 g/mol. The number of carbonyl (C=O) groups excluding carboxylic acids is 1. The SMILES string of the molecule is CC/C=C\c1ccccc1.NC(=O)CN1CCC2(CC1)CC(NC1CC1)C2. The average Bonchev–Trinajstić information content (AvgIpc) is 3.45. The fourth-order valence-corrected chi connectivity index (χ4v) is 4.32. The first-order valence-corrected chi connectivity index (χ1v) is 10.6. The summed E-state index contributed by atoms with van der Waals surface area (Å²) in [6, 6.07) is 12.0. The summed E-state index contributed by atoms with van der Waals surface area (Å²) < 4.78 is 0. The molecule has 0 unspecified atom stereocenters. The standard InChI is InChI=1S/C13H23N3O.C10H12/c14-12(17)9-16-5-3-13(4-6-16)7-11(8-13)15-10-1-2-10;1-2-3-7-10-8-5-4-6-9-10/h10-11,15H,1-9H2,(H2,14,17);3-9H,2H2,1H3/b;7-3-. The number of nitrogens with two attached hydrogens (primary N) is 1. The summed E-state index contributed by atoms with van der Waals surface area (Å²) in [4.78, 5) is 13.1. The van der Waals surface area contributed by atoms with E-state index in [4.69, 9.17) is 5.73 Å². The molecule has 2 saturated carbocycles. The summed E-state index contributed by atoms with van der Waals surface area (Å²) in [5.74, 6) is -0.192. The van der Waals surface area contributed by atoms with Crippen LogP contribution in [0.2, 0.25) is 0 Å². The average molecular weight is 370 g/mol. The van der Waals surface area contributed by atoms with Crippen LogP contribution < -0.4 is 11.1 Å². The van der Waals surface area contributed by atoms with Crippen LogP contribution in [0.25, 0.3) is 6.08 Å². The number of rotatable bonds is 6. The molecule has 1 aliphatic heterocycles. The van der Waals surface area contributed by atoms with Gasteiger partial charge in [-0.3, -0.25) is 9.69 Å². The minimum atomic E-state index is -0.192. The Morgan fingerprint density at radius 3 is 2.41 bits per heavy atom. The predicted octanol–water partition coefficient (Wildman–Crippen LogP) is 3.58. The lowest BCUT2D eigenvalue weighted by atomic mass is 9.60. The largest absolute Gasteiger partial charge is 0.369 e. The maximum Gasteiger partial charge on any atom is 0.231 e. The Labute approximate surface area is 164 Å². The molecule has 3 aliphatic rings. The molecule has 1 heterocycles. The smallest absolute Gasteiger partial charge is 0.231 e. The highest BCUT2D eigenvalue weighted by Crippen LogP contribution is 2.49. The highest BCUT2D eigenvalue weighted by Gasteiger charge is 2.46. The van der Waals surface area contributed by atoms with Gasteiger partial charge in [0.15, 0.2) is 0 Å². The molecule has 1 aromatic rings. The molecule has 1 aromatic carbocycles. The number of carbonyl (C=O) groups is 1. The van der Waals surface area contributed by atoms with Crippen LogP contribution in [-0.2, 0) is 4.79 Å². The molecule has 0 atom stereocenters. The Kier molecular flexibility index (Phi) is 7.08. The van der Waals surface area contributed by atoms with E-state index in [0.29, 0.717) is 12.0 Å². The highest BCUT2D eigenvalue weighted by molar-refractivity contribution is 5.75. The van der Waals surface area contributed by atoms with Crippen LogP contribution in [0.4, 0.5) is 0 Å². The molecule has 0 radical (unpaired) electrons. The second-order valence-electron chi connectivity index (χ2n) is 8.51. The van der Waals surface area contributed by atoms with Crippen molar-refractivity contribution in [1.82, 2.24) is 10.2 Å². The summed E-state index contributed by atoms with van der Waals surface area (Å²) in [7, 11) is 0. The molecule has 148 valence electrons. The van der Waals surface area contributed by atoms with E-state index in [1.165, 1.54) is 44.1 Å². The van der Waals surface area contributed by atoms with E-state index in [-0.39, 0.29) is 5.91 Å². The maximum absolute atomic E-state index is 10.9. The monoisotopic (exact) mass is 369 g/mol. The van der Waals surface area contributed by atoms with Gasteiger partial charge in [-0.1, -0.05) is 49.4 Å². The Hall–Kier alpha value is -1.65. The summed E-state index contributed by atoms with van der Waals surface area (Å²) in [5, 5.41) is 3.72. The van der Waals surface area contributed by atoms with Crippen molar-refractivity contribution in [2.24, 2.45) is 11.1 Å². The molecule has 0 aromatic heterocycles. The number of benzene rings is 1. The van der Waals surface area contributed by atoms with Crippen molar-refractivity contribution in [3.63, 3.8) is 0 Å². The third-order valence-corrected chi connectivity index (χ3v) is 6.05. The molecule has 1 spiro atoms. The Bertz CT molecular complexity index is 608. The van der Waals surface area contributed by atoms with Gasteiger partial charge in [0.05, 0.1) is 6.54 Å². The molecule has 27 heavy (non-hydrogen) atoms. The van der Waals surface area contributed by atoms with Crippen LogP contribution >= 0.6 is 0 Å². The molecule has 3 fully saturated rings. The number of likely N-dealkylation sites (tertiary alicyclic amines) is 1. The van der Waals surface area contributed by atoms with Gasteiger partial charge in [0.25, 0.3) is 0 Å². The van der Waals surface area contributed by atoms with Crippen LogP contribution in [0, 0.1) is 5.41 Å². The minimum Gasteiger partial charge on any atom is -0.369 e. The lowest BCUT2D eigenvalue weighted by molar-refractivity contribution is -0.120. The minimum absolute atomic E-state index is 0.192. The molecule has 0 bridgehead atoms. The molecule has 4 heteroatoms. The third kappa shape index (κ3) is 6.47. The van der Waals surface area contributed by atoms with E-state index >= 15 is 0 Å². The van der Waals surface area contributed by atoms with Gasteiger partial charge < -0.3 is 11.1 Å². The topological polar surface area (TPSA) is 58.4 Å². The number of primary amides is 1. The zero-order chi connectivity index (χ0) is 19.1. The third-order valence-electron chi connectivity index (χ3n) is 6.05. The summed E-state index contributed by atoms with van der Waals surface area (Å²) in [6.45, 7) is 4.69. The second-order valence-corrected chi connectivity index (χ2v) is 8.51. The van der Waals surface area contributed by atoms with Gasteiger partial charge in [-0.15, -0.1) is 0 Å². The lowest BCUT2D eigenvalue weighted by Gasteiger charge is -2.52. The van der Waals surface area contributed by atoms with Crippen LogP contribution in [0.3, 0.4) is 0 Å². The van der Waals surface area contributed by atoms with Crippen LogP contribution in [0.1, 0.15) is 57.4 Å². The first-order valence-electron chi connectivity index (χ1n) is 10.6. The molecule has 2 aliphatic carbocycles. The van der Waals surface area contributed by atoms with Crippen molar-refractivity contribution in [2.45, 2.75) is 64.0 Å². The number of hydrogen-bond acceptors (Lipinski definition) is 3. The van der Waals surface area contributed by atoms with Gasteiger partial charge in [-0.05, 0) is 69.0 Å². The molecule has 1 amide bonds. The quantitative estimate of drug-likeness (QED) is 0.806. The molecule has 1 saturated heterocycles. The lowest BCUT2D eigenvalue weighted by Crippen LogP contribution is -2.54. The van der Waals surface area contributed by atoms with E-state index in [1.807, 2.05) is 6.07 Å². The second kappa shape index (κ2) is 9.52. The number of piperidine rings is 1. The van der Waals surface area contributed by atoms with Crippen molar-refractivity contribution in [2.75, 3.05) is 19.6 Å². The van der Waals surface area contributed by atoms with Gasteiger partial charge in [0.2, 0.25) is 5.91 Å². The molecule has 3 N–H and O–H groups in total. The van der Waals surface area contributed by atoms with E-state index in [2.05, 4.69) is 53.6 Å². The van der Waals surface area contributed by atoms with Gasteiger partial charge in [0.1, 0.15) is 0 Å². The Balaban J connectivity index is 0.000000180. The highest BCUT2D eigenvalue weighted by atomic mass is 16.1. The van der Waals surface area contributed by atoms with Gasteiger partial charge >= 0.3 is 0 Å². The summed E-state index contributed by atoms with van der Waals surface area (Å²) in [5.41, 5.74) is 7.11. The first kappa shape index (κ1) is 20.1. The zero-order valence-electron chi connectivity index (χ0n) is 16.7. The predicted molar refractivity (Wildman–Crippen MR) is 112 cm³/mol. The fourth-order valence-electron chi connectivity index (χ4n) is 4.32. The Morgan fingerprint density at radius 1 is 1.19 bits per heavy atom. The van der Waals surface area contributed by atoms with E-state index in [0.717, 1.165) is 31.6 Å². The fraction of sp³-hybridized carbons (Fsp3) is 0.609. The number of amides is 1. The molecular formula is C23H35N3O. The molecule has 4 rings (SSSR count). The van der Waals surface area contributed by atoms with Crippen molar-refractivity contribution in [3.8, 4) is 0 Å². The normalized spacial score (nSPS) is 22.3. The maximum atomic E-state index is 10.9. The van der Waals surface area contributed by atoms with Gasteiger partial charge in [-0.25, -0.2) is 0 Å². The van der Waals surface area contributed by atoms with E-state index < -0.39 is 0 Å². The van der Waals surface area contributed by atoms with Crippen molar-refractivity contribution >= 4 is 12.0 Å². The first-order chi connectivity index (χ1) is 13.1. The van der Waals surface area contributed by atoms with Crippen molar-refractivity contribution < 1.29 is 4.79 Å². The van der Waals surface area contributed by atoms with Gasteiger partial charge in [0, 0.05) is 12.1 Å². The van der Waals surface area contributed by atoms with Crippen molar-refractivity contribution in [1.29, 1.82) is 0 Å². The number of allylic oxidation sites excluding steroid dienone is 1. The van der Waals surface area contributed by atoms with Crippen LogP contribution in [0.15, 0.2) is 36.4 Å². The van der Waals surface area contributed by atoms with E-state index in [1.54, 1.807) is 0 Å². The van der Waals surface area contributed by atoms with Crippen molar-refractivity contribution in [3.05, 3.63) is 42.0 Å². The van der Waals surface area contributed by atoms with Gasteiger partial charge in [-0.2, -0.15) is 0 Å². The number of nitrogens with one attached hydrogen (secondary N) is 1. The van der Waals surface area contributed by atoms with Crippen LogP contribution in [0.5, 0.6) is 0 Å². The number of nitrogens with zero attached hydrogens (tertiary/aromatic N) is 1. The van der Waals surface area contributed by atoms with Crippen LogP contribution in [-0.4, -0.2) is 42.5 Å². The van der Waals surface area contributed by atoms with E-state index in [9.17, 15) is 4.79 Å². The summed E-state index contributed by atoms with van der Waals surface area (Å²) >= 11 is 0. The molecule has 4 nitrogen and oxygen atoms in total. The summed E-state index contributed by atoms with van der Waals surface area (Å²) in [6.07, 6.45) is 13.4. The number of hydrogen-bond donors (Lipinski definition) is 2. The zero-order valence-corrected chi connectivity index (χ0v) is 16.7. The Morgan fingerprint density at radius 2 is 1.85 bits per heavy atom.